The van der Waals surface area contributed by atoms with Crippen molar-refractivity contribution in [3.8, 4) is 17.2 Å². The van der Waals surface area contributed by atoms with Crippen LogP contribution in [-0.2, 0) is 4.79 Å². The number of amides is 1. The number of hydrogen-bond acceptors (Lipinski definition) is 7. The van der Waals surface area contributed by atoms with Crippen molar-refractivity contribution in [1.82, 2.24) is 19.7 Å². The van der Waals surface area contributed by atoms with Crippen molar-refractivity contribution in [3.05, 3.63) is 64.0 Å². The molecule has 33 heavy (non-hydrogen) atoms. The van der Waals surface area contributed by atoms with Gasteiger partial charge in [-0.05, 0) is 49.4 Å². The summed E-state index contributed by atoms with van der Waals surface area (Å²) in [6.45, 7) is 2.44. The van der Waals surface area contributed by atoms with Crippen LogP contribution in [0.4, 0.5) is 5.69 Å². The molecule has 0 aliphatic rings. The number of ether oxygens (including phenoxy) is 2. The molecule has 0 fully saturated rings. The minimum Gasteiger partial charge on any atom is -0.495 e. The van der Waals surface area contributed by atoms with Crippen LogP contribution in [-0.4, -0.2) is 45.1 Å². The SMILES string of the molecule is CCOc1ccc(-n2c(SCC(=O)Nc3ccc(OC)c(Cl)c3)nc3[nH]ncc3c2=O)cc1. The number of fused-ring (bicyclic) bond motifs is 1. The molecule has 1 amide bonds. The molecule has 0 atom stereocenters. The van der Waals surface area contributed by atoms with E-state index in [1.807, 2.05) is 6.92 Å². The molecule has 4 aromatic rings. The molecule has 0 aliphatic carbocycles. The zero-order valence-electron chi connectivity index (χ0n) is 17.8. The number of nitrogens with one attached hydrogen (secondary N) is 2. The van der Waals surface area contributed by atoms with Crippen molar-refractivity contribution >= 4 is 46.0 Å². The van der Waals surface area contributed by atoms with Gasteiger partial charge in [0.25, 0.3) is 5.56 Å². The first-order valence-corrected chi connectivity index (χ1v) is 11.3. The normalized spacial score (nSPS) is 10.9. The lowest BCUT2D eigenvalue weighted by Crippen LogP contribution is -2.22. The molecule has 11 heteroatoms. The van der Waals surface area contributed by atoms with Gasteiger partial charge < -0.3 is 14.8 Å². The first-order chi connectivity index (χ1) is 16.0. The zero-order chi connectivity index (χ0) is 23.4. The number of methoxy groups -OCH3 is 1. The fraction of sp³-hybridized carbons (Fsp3) is 0.182. The number of hydrogen-bond donors (Lipinski definition) is 2. The molecule has 2 aromatic heterocycles. The number of H-pyrrole nitrogens is 1. The molecular weight excluding hydrogens is 466 g/mol. The molecule has 2 aromatic carbocycles. The predicted octanol–water partition coefficient (Wildman–Crippen LogP) is 3.90. The Morgan fingerprint density at radius 3 is 2.73 bits per heavy atom. The summed E-state index contributed by atoms with van der Waals surface area (Å²) in [5.41, 5.74) is 1.20. The fourth-order valence-electron chi connectivity index (χ4n) is 3.13. The van der Waals surface area contributed by atoms with Gasteiger partial charge in [0.2, 0.25) is 5.91 Å². The maximum Gasteiger partial charge on any atom is 0.269 e. The summed E-state index contributed by atoms with van der Waals surface area (Å²) in [6.07, 6.45) is 1.43. The highest BCUT2D eigenvalue weighted by Crippen LogP contribution is 2.28. The van der Waals surface area contributed by atoms with Gasteiger partial charge in [0.05, 0.1) is 36.4 Å². The summed E-state index contributed by atoms with van der Waals surface area (Å²) in [4.78, 5) is 30.2. The third kappa shape index (κ3) is 4.96. The lowest BCUT2D eigenvalue weighted by molar-refractivity contribution is -0.113. The highest BCUT2D eigenvalue weighted by atomic mass is 35.5. The molecule has 0 aliphatic heterocycles. The third-order valence-electron chi connectivity index (χ3n) is 4.63. The average molecular weight is 486 g/mol. The Morgan fingerprint density at radius 2 is 2.03 bits per heavy atom. The van der Waals surface area contributed by atoms with Crippen molar-refractivity contribution in [2.75, 3.05) is 24.8 Å². The Hall–Kier alpha value is -3.50. The van der Waals surface area contributed by atoms with Gasteiger partial charge in [-0.2, -0.15) is 5.10 Å². The van der Waals surface area contributed by atoms with Crippen molar-refractivity contribution < 1.29 is 14.3 Å². The summed E-state index contributed by atoms with van der Waals surface area (Å²) in [5.74, 6) is 0.949. The van der Waals surface area contributed by atoms with E-state index >= 15 is 0 Å². The van der Waals surface area contributed by atoms with Crippen LogP contribution in [0.25, 0.3) is 16.7 Å². The van der Waals surface area contributed by atoms with E-state index in [1.165, 1.54) is 17.9 Å². The molecular formula is C22H20ClN5O4S. The molecule has 170 valence electrons. The molecule has 0 saturated heterocycles. The van der Waals surface area contributed by atoms with E-state index in [0.717, 1.165) is 11.8 Å². The lowest BCUT2D eigenvalue weighted by Gasteiger charge is -2.13. The average Bonchev–Trinajstić information content (AvgIpc) is 3.28. The van der Waals surface area contributed by atoms with E-state index in [0.29, 0.717) is 50.7 Å². The number of halogens is 1. The van der Waals surface area contributed by atoms with Crippen LogP contribution >= 0.6 is 23.4 Å². The van der Waals surface area contributed by atoms with Crippen LogP contribution in [0.2, 0.25) is 5.02 Å². The molecule has 0 unspecified atom stereocenters. The monoisotopic (exact) mass is 485 g/mol. The Balaban J connectivity index is 1.59. The number of carbonyl (C=O) groups excluding carboxylic acids is 1. The standard InChI is InChI=1S/C22H20ClN5O4S/c1-3-32-15-7-5-14(6-8-15)28-21(30)16-11-24-27-20(16)26-22(28)33-12-19(29)25-13-4-9-18(31-2)17(23)10-13/h4-11H,3,12H2,1-2H3,(H,24,27)(H,25,29). The van der Waals surface area contributed by atoms with Crippen LogP contribution in [0.5, 0.6) is 11.5 Å². The molecule has 4 rings (SSSR count). The number of benzene rings is 2. The Morgan fingerprint density at radius 1 is 1.24 bits per heavy atom. The van der Waals surface area contributed by atoms with Gasteiger partial charge in [0, 0.05) is 5.69 Å². The third-order valence-corrected chi connectivity index (χ3v) is 5.86. The molecule has 2 heterocycles. The Labute approximate surface area is 198 Å². The lowest BCUT2D eigenvalue weighted by atomic mass is 10.3. The zero-order valence-corrected chi connectivity index (χ0v) is 19.4. The van der Waals surface area contributed by atoms with Gasteiger partial charge >= 0.3 is 0 Å². The summed E-state index contributed by atoms with van der Waals surface area (Å²) in [5, 5.41) is 10.5. The molecule has 2 N–H and O–H groups in total. The Bertz CT molecular complexity index is 1350. The first-order valence-electron chi connectivity index (χ1n) is 9.95. The van der Waals surface area contributed by atoms with Gasteiger partial charge in [-0.25, -0.2) is 4.98 Å². The van der Waals surface area contributed by atoms with Crippen LogP contribution in [0.1, 0.15) is 6.92 Å². The summed E-state index contributed by atoms with van der Waals surface area (Å²) >= 11 is 7.25. The molecule has 0 radical (unpaired) electrons. The van der Waals surface area contributed by atoms with Gasteiger partial charge in [0.1, 0.15) is 16.9 Å². The van der Waals surface area contributed by atoms with E-state index in [2.05, 4.69) is 20.5 Å². The van der Waals surface area contributed by atoms with Gasteiger partial charge in [-0.3, -0.25) is 19.3 Å². The molecule has 0 saturated carbocycles. The maximum atomic E-state index is 13.1. The second-order valence-corrected chi connectivity index (χ2v) is 8.13. The molecule has 0 bridgehead atoms. The van der Waals surface area contributed by atoms with Crippen LogP contribution in [0.15, 0.2) is 58.6 Å². The smallest absolute Gasteiger partial charge is 0.269 e. The topological polar surface area (TPSA) is 111 Å². The maximum absolute atomic E-state index is 13.1. The number of thioether (sulfide) groups is 1. The van der Waals surface area contributed by atoms with E-state index < -0.39 is 0 Å². The number of anilines is 1. The van der Waals surface area contributed by atoms with E-state index in [1.54, 1.807) is 42.5 Å². The van der Waals surface area contributed by atoms with Crippen LogP contribution < -0.4 is 20.3 Å². The fourth-order valence-corrected chi connectivity index (χ4v) is 4.19. The summed E-state index contributed by atoms with van der Waals surface area (Å²) in [6, 6.07) is 12.1. The highest BCUT2D eigenvalue weighted by molar-refractivity contribution is 7.99. The minimum absolute atomic E-state index is 0.0206. The van der Waals surface area contributed by atoms with E-state index in [-0.39, 0.29) is 17.2 Å². The van der Waals surface area contributed by atoms with E-state index in [9.17, 15) is 9.59 Å². The van der Waals surface area contributed by atoms with Gasteiger partial charge in [-0.1, -0.05) is 23.4 Å². The van der Waals surface area contributed by atoms with Gasteiger partial charge in [-0.15, -0.1) is 0 Å². The van der Waals surface area contributed by atoms with Gasteiger partial charge in [0.15, 0.2) is 10.8 Å². The number of carbonyl (C=O) groups is 1. The van der Waals surface area contributed by atoms with Crippen molar-refractivity contribution in [2.45, 2.75) is 12.1 Å². The predicted molar refractivity (Wildman–Crippen MR) is 128 cm³/mol. The van der Waals surface area contributed by atoms with Crippen molar-refractivity contribution in [3.63, 3.8) is 0 Å². The second-order valence-electron chi connectivity index (χ2n) is 6.78. The first kappa shape index (κ1) is 22.7. The summed E-state index contributed by atoms with van der Waals surface area (Å²) < 4.78 is 12.1. The minimum atomic E-state index is -0.289. The highest BCUT2D eigenvalue weighted by Gasteiger charge is 2.16. The van der Waals surface area contributed by atoms with Crippen LogP contribution in [0.3, 0.4) is 0 Å². The van der Waals surface area contributed by atoms with Crippen molar-refractivity contribution in [2.24, 2.45) is 0 Å². The second kappa shape index (κ2) is 9.97. The largest absolute Gasteiger partial charge is 0.495 e. The number of aromatic amines is 1. The number of rotatable bonds is 8. The van der Waals surface area contributed by atoms with E-state index in [4.69, 9.17) is 21.1 Å². The quantitative estimate of drug-likeness (QED) is 0.287. The number of aromatic nitrogens is 4. The van der Waals surface area contributed by atoms with Crippen LogP contribution in [0, 0.1) is 0 Å². The van der Waals surface area contributed by atoms with Crippen molar-refractivity contribution in [1.29, 1.82) is 0 Å². The Kier molecular flexibility index (Phi) is 6.85. The molecule has 0 spiro atoms. The molecule has 9 nitrogen and oxygen atoms in total. The summed E-state index contributed by atoms with van der Waals surface area (Å²) in [7, 11) is 1.52. The number of nitrogens with zero attached hydrogens (tertiary/aromatic N) is 3.